The molecule has 0 aliphatic rings. The molecule has 4 heteroatoms. The van der Waals surface area contributed by atoms with E-state index < -0.39 is 0 Å². The number of amides is 1. The first-order valence-corrected chi connectivity index (χ1v) is 7.25. The summed E-state index contributed by atoms with van der Waals surface area (Å²) in [7, 11) is 0. The highest BCUT2D eigenvalue weighted by Crippen LogP contribution is 2.23. The van der Waals surface area contributed by atoms with Crippen molar-refractivity contribution in [3.05, 3.63) is 58.8 Å². The molecule has 0 spiro atoms. The van der Waals surface area contributed by atoms with Gasteiger partial charge in [0, 0.05) is 11.1 Å². The molecule has 0 aliphatic heterocycles. The topological polar surface area (TPSA) is 55.1 Å². The molecule has 1 N–H and O–H groups in total. The van der Waals surface area contributed by atoms with Crippen molar-refractivity contribution < 1.29 is 9.32 Å². The van der Waals surface area contributed by atoms with Gasteiger partial charge < -0.3 is 9.84 Å². The quantitative estimate of drug-likeness (QED) is 0.796. The Morgan fingerprint density at radius 3 is 2.50 bits per heavy atom. The van der Waals surface area contributed by atoms with Gasteiger partial charge in [0.15, 0.2) is 5.58 Å². The number of hydrogen-bond acceptors (Lipinski definition) is 3. The Hall–Kier alpha value is -2.62. The van der Waals surface area contributed by atoms with Gasteiger partial charge in [-0.15, -0.1) is 0 Å². The van der Waals surface area contributed by atoms with E-state index in [0.717, 1.165) is 33.3 Å². The Morgan fingerprint density at radius 1 is 1.09 bits per heavy atom. The third-order valence-corrected chi connectivity index (χ3v) is 3.82. The van der Waals surface area contributed by atoms with E-state index in [-0.39, 0.29) is 12.3 Å². The van der Waals surface area contributed by atoms with Gasteiger partial charge in [-0.3, -0.25) is 4.79 Å². The van der Waals surface area contributed by atoms with Crippen LogP contribution in [0.5, 0.6) is 0 Å². The standard InChI is InChI=1S/C18H18N2O2/c1-11-4-6-14(7-5-11)19-18(21)10-16-15-8-12(2)13(3)9-17(15)22-20-16/h4-9H,10H2,1-3H3,(H,19,21). The van der Waals surface area contributed by atoms with Crippen molar-refractivity contribution in [2.75, 3.05) is 5.32 Å². The van der Waals surface area contributed by atoms with Crippen molar-refractivity contribution in [2.45, 2.75) is 27.2 Å². The first kappa shape index (κ1) is 14.3. The summed E-state index contributed by atoms with van der Waals surface area (Å²) in [4.78, 5) is 12.2. The monoisotopic (exact) mass is 294 g/mol. The van der Waals surface area contributed by atoms with Gasteiger partial charge in [0.2, 0.25) is 5.91 Å². The molecule has 4 nitrogen and oxygen atoms in total. The summed E-state index contributed by atoms with van der Waals surface area (Å²) in [5.41, 5.74) is 5.65. The number of carbonyl (C=O) groups is 1. The van der Waals surface area contributed by atoms with Crippen molar-refractivity contribution in [1.82, 2.24) is 5.16 Å². The van der Waals surface area contributed by atoms with Gasteiger partial charge in [-0.2, -0.15) is 0 Å². The van der Waals surface area contributed by atoms with E-state index in [9.17, 15) is 4.79 Å². The Kier molecular flexibility index (Phi) is 3.67. The van der Waals surface area contributed by atoms with Crippen LogP contribution in [-0.2, 0) is 11.2 Å². The van der Waals surface area contributed by atoms with E-state index in [0.29, 0.717) is 5.69 Å². The molecule has 0 fully saturated rings. The molecule has 2 aromatic carbocycles. The first-order chi connectivity index (χ1) is 10.5. The zero-order valence-corrected chi connectivity index (χ0v) is 12.9. The molecule has 1 aromatic heterocycles. The van der Waals surface area contributed by atoms with E-state index in [1.165, 1.54) is 0 Å². The lowest BCUT2D eigenvalue weighted by Gasteiger charge is -2.04. The molecule has 0 atom stereocenters. The van der Waals surface area contributed by atoms with Gasteiger partial charge in [0.25, 0.3) is 0 Å². The van der Waals surface area contributed by atoms with Gasteiger partial charge in [-0.05, 0) is 56.2 Å². The largest absolute Gasteiger partial charge is 0.356 e. The number of aryl methyl sites for hydroxylation is 3. The molecule has 22 heavy (non-hydrogen) atoms. The third-order valence-electron chi connectivity index (χ3n) is 3.82. The van der Waals surface area contributed by atoms with Crippen LogP contribution < -0.4 is 5.32 Å². The van der Waals surface area contributed by atoms with Crippen molar-refractivity contribution in [3.63, 3.8) is 0 Å². The lowest BCUT2D eigenvalue weighted by atomic mass is 10.1. The van der Waals surface area contributed by atoms with E-state index >= 15 is 0 Å². The molecule has 1 amide bonds. The maximum absolute atomic E-state index is 12.2. The second kappa shape index (κ2) is 5.64. The van der Waals surface area contributed by atoms with E-state index in [1.54, 1.807) is 0 Å². The SMILES string of the molecule is Cc1ccc(NC(=O)Cc2noc3cc(C)c(C)cc23)cc1. The van der Waals surface area contributed by atoms with Crippen molar-refractivity contribution in [1.29, 1.82) is 0 Å². The lowest BCUT2D eigenvalue weighted by Crippen LogP contribution is -2.14. The Labute approximate surface area is 129 Å². The lowest BCUT2D eigenvalue weighted by molar-refractivity contribution is -0.115. The number of hydrogen-bond donors (Lipinski definition) is 1. The predicted octanol–water partition coefficient (Wildman–Crippen LogP) is 3.93. The van der Waals surface area contributed by atoms with Gasteiger partial charge in [-0.1, -0.05) is 22.9 Å². The number of rotatable bonds is 3. The van der Waals surface area contributed by atoms with Gasteiger partial charge in [0.05, 0.1) is 6.42 Å². The second-order valence-electron chi connectivity index (χ2n) is 5.65. The fraction of sp³-hybridized carbons (Fsp3) is 0.222. The van der Waals surface area contributed by atoms with Crippen molar-refractivity contribution in [3.8, 4) is 0 Å². The van der Waals surface area contributed by atoms with Crippen LogP contribution in [0.3, 0.4) is 0 Å². The number of anilines is 1. The minimum absolute atomic E-state index is 0.0997. The van der Waals surface area contributed by atoms with Gasteiger partial charge in [-0.25, -0.2) is 0 Å². The molecule has 1 heterocycles. The average molecular weight is 294 g/mol. The zero-order chi connectivity index (χ0) is 15.7. The van der Waals surface area contributed by atoms with Crippen LogP contribution in [0.1, 0.15) is 22.4 Å². The Morgan fingerprint density at radius 2 is 1.77 bits per heavy atom. The first-order valence-electron chi connectivity index (χ1n) is 7.25. The van der Waals surface area contributed by atoms with E-state index in [2.05, 4.69) is 10.5 Å². The number of nitrogens with zero attached hydrogens (tertiary/aromatic N) is 1. The van der Waals surface area contributed by atoms with Crippen LogP contribution in [0.15, 0.2) is 40.9 Å². The molecule has 0 saturated heterocycles. The number of benzene rings is 2. The molecule has 0 saturated carbocycles. The Balaban J connectivity index is 1.79. The molecule has 3 rings (SSSR count). The maximum atomic E-state index is 12.2. The highest BCUT2D eigenvalue weighted by Gasteiger charge is 2.13. The minimum atomic E-state index is -0.0997. The van der Waals surface area contributed by atoms with Gasteiger partial charge >= 0.3 is 0 Å². The Bertz CT molecular complexity index is 832. The highest BCUT2D eigenvalue weighted by molar-refractivity contribution is 5.94. The summed E-state index contributed by atoms with van der Waals surface area (Å²) >= 11 is 0. The number of nitrogens with one attached hydrogen (secondary N) is 1. The van der Waals surface area contributed by atoms with Crippen molar-refractivity contribution in [2.24, 2.45) is 0 Å². The molecular weight excluding hydrogens is 276 g/mol. The number of fused-ring (bicyclic) bond motifs is 1. The smallest absolute Gasteiger partial charge is 0.230 e. The highest BCUT2D eigenvalue weighted by atomic mass is 16.5. The summed E-state index contributed by atoms with van der Waals surface area (Å²) in [6, 6.07) is 11.7. The summed E-state index contributed by atoms with van der Waals surface area (Å²) in [6.07, 6.45) is 0.198. The zero-order valence-electron chi connectivity index (χ0n) is 12.9. The van der Waals surface area contributed by atoms with E-state index in [4.69, 9.17) is 4.52 Å². The molecule has 0 bridgehead atoms. The molecule has 0 unspecified atom stereocenters. The summed E-state index contributed by atoms with van der Waals surface area (Å²) < 4.78 is 5.32. The third kappa shape index (κ3) is 2.86. The fourth-order valence-corrected chi connectivity index (χ4v) is 2.37. The van der Waals surface area contributed by atoms with E-state index in [1.807, 2.05) is 57.2 Å². The molecular formula is C18H18N2O2. The average Bonchev–Trinajstić information content (AvgIpc) is 2.84. The minimum Gasteiger partial charge on any atom is -0.356 e. The summed E-state index contributed by atoms with van der Waals surface area (Å²) in [6.45, 7) is 6.08. The molecule has 0 aliphatic carbocycles. The second-order valence-corrected chi connectivity index (χ2v) is 5.65. The van der Waals surface area contributed by atoms with Crippen LogP contribution >= 0.6 is 0 Å². The molecule has 112 valence electrons. The van der Waals surface area contributed by atoms with Crippen LogP contribution in [0.25, 0.3) is 11.0 Å². The van der Waals surface area contributed by atoms with Crippen LogP contribution in [-0.4, -0.2) is 11.1 Å². The predicted molar refractivity (Wildman–Crippen MR) is 87.0 cm³/mol. The number of carbonyl (C=O) groups excluding carboxylic acids is 1. The van der Waals surface area contributed by atoms with Gasteiger partial charge in [0.1, 0.15) is 5.69 Å². The van der Waals surface area contributed by atoms with Crippen LogP contribution in [0.4, 0.5) is 5.69 Å². The maximum Gasteiger partial charge on any atom is 0.230 e. The number of aromatic nitrogens is 1. The van der Waals surface area contributed by atoms with Crippen LogP contribution in [0, 0.1) is 20.8 Å². The fourth-order valence-electron chi connectivity index (χ4n) is 2.37. The summed E-state index contributed by atoms with van der Waals surface area (Å²) in [5.74, 6) is -0.0997. The van der Waals surface area contributed by atoms with Crippen LogP contribution in [0.2, 0.25) is 0 Å². The van der Waals surface area contributed by atoms with Crippen molar-refractivity contribution >= 4 is 22.6 Å². The normalized spacial score (nSPS) is 10.9. The molecule has 0 radical (unpaired) electrons. The molecule has 3 aromatic rings. The summed E-state index contributed by atoms with van der Waals surface area (Å²) in [5, 5.41) is 7.82.